The van der Waals surface area contributed by atoms with Gasteiger partial charge in [0.2, 0.25) is 0 Å². The maximum Gasteiger partial charge on any atom is 0.258 e. The van der Waals surface area contributed by atoms with E-state index in [9.17, 15) is 4.79 Å². The van der Waals surface area contributed by atoms with Crippen molar-refractivity contribution in [2.24, 2.45) is 0 Å². The molecule has 0 aliphatic rings. The Morgan fingerprint density at radius 3 is 2.12 bits per heavy atom. The van der Waals surface area contributed by atoms with E-state index in [0.29, 0.717) is 17.3 Å². The predicted molar refractivity (Wildman–Crippen MR) is 96.0 cm³/mol. The highest BCUT2D eigenvalue weighted by molar-refractivity contribution is 6.03. The Balaban J connectivity index is 1.71. The van der Waals surface area contributed by atoms with Crippen LogP contribution in [-0.4, -0.2) is 15.9 Å². The summed E-state index contributed by atoms with van der Waals surface area (Å²) in [5, 5.41) is 2.86. The van der Waals surface area contributed by atoms with Crippen LogP contribution in [0.4, 0.5) is 5.69 Å². The summed E-state index contributed by atoms with van der Waals surface area (Å²) in [5.74, 6) is 0.856. The van der Waals surface area contributed by atoms with Gasteiger partial charge in [0, 0.05) is 23.6 Å². The van der Waals surface area contributed by atoms with Crippen LogP contribution in [0.3, 0.4) is 0 Å². The number of nitrogens with one attached hydrogen (secondary N) is 1. The molecule has 0 saturated heterocycles. The Labute approximate surface area is 141 Å². The van der Waals surface area contributed by atoms with Crippen molar-refractivity contribution < 1.29 is 4.79 Å². The van der Waals surface area contributed by atoms with Gasteiger partial charge in [0.1, 0.15) is 0 Å². The van der Waals surface area contributed by atoms with E-state index in [0.717, 1.165) is 11.3 Å². The van der Waals surface area contributed by atoms with Gasteiger partial charge in [-0.2, -0.15) is 0 Å². The first kappa shape index (κ1) is 15.9. The monoisotopic (exact) mass is 317 g/mol. The number of amides is 1. The summed E-state index contributed by atoms with van der Waals surface area (Å²) in [6.07, 6.45) is 3.10. The van der Waals surface area contributed by atoms with E-state index in [1.165, 1.54) is 5.56 Å². The van der Waals surface area contributed by atoms with Gasteiger partial charge < -0.3 is 5.32 Å². The van der Waals surface area contributed by atoms with Gasteiger partial charge in [-0.15, -0.1) is 0 Å². The first-order chi connectivity index (χ1) is 11.6. The maximum atomic E-state index is 12.3. The number of rotatable bonds is 4. The van der Waals surface area contributed by atoms with Gasteiger partial charge in [-0.1, -0.05) is 56.3 Å². The van der Waals surface area contributed by atoms with Crippen LogP contribution in [0.2, 0.25) is 0 Å². The zero-order valence-electron chi connectivity index (χ0n) is 13.7. The Kier molecular flexibility index (Phi) is 4.66. The van der Waals surface area contributed by atoms with Gasteiger partial charge in [0.15, 0.2) is 5.82 Å². The normalized spacial score (nSPS) is 10.6. The third kappa shape index (κ3) is 3.66. The highest BCUT2D eigenvalue weighted by Gasteiger charge is 2.09. The fraction of sp³-hybridized carbons (Fsp3) is 0.150. The van der Waals surface area contributed by atoms with Crippen LogP contribution >= 0.6 is 0 Å². The second kappa shape index (κ2) is 7.04. The molecule has 24 heavy (non-hydrogen) atoms. The summed E-state index contributed by atoms with van der Waals surface area (Å²) in [6, 6.07) is 17.5. The van der Waals surface area contributed by atoms with Crippen LogP contribution in [0, 0.1) is 0 Å². The molecule has 0 fully saturated rings. The maximum absolute atomic E-state index is 12.3. The third-order valence-corrected chi connectivity index (χ3v) is 3.78. The van der Waals surface area contributed by atoms with Gasteiger partial charge >= 0.3 is 0 Å². The molecule has 2 aromatic carbocycles. The number of anilines is 1. The van der Waals surface area contributed by atoms with Crippen LogP contribution in [0.5, 0.6) is 0 Å². The molecule has 1 amide bonds. The first-order valence-electron chi connectivity index (χ1n) is 7.92. The van der Waals surface area contributed by atoms with Crippen LogP contribution < -0.4 is 5.32 Å². The van der Waals surface area contributed by atoms with Crippen molar-refractivity contribution in [1.82, 2.24) is 9.97 Å². The van der Waals surface area contributed by atoms with Crippen molar-refractivity contribution >= 4 is 11.6 Å². The van der Waals surface area contributed by atoms with Gasteiger partial charge in [-0.3, -0.25) is 4.79 Å². The lowest BCUT2D eigenvalue weighted by atomic mass is 10.0. The van der Waals surface area contributed by atoms with Crippen molar-refractivity contribution in [3.8, 4) is 11.4 Å². The molecule has 1 heterocycles. The molecular weight excluding hydrogens is 298 g/mol. The van der Waals surface area contributed by atoms with E-state index in [-0.39, 0.29) is 5.91 Å². The van der Waals surface area contributed by atoms with Gasteiger partial charge in [0.25, 0.3) is 5.91 Å². The number of nitrogens with zero attached hydrogens (tertiary/aromatic N) is 2. The second-order valence-corrected chi connectivity index (χ2v) is 5.89. The molecular formula is C20H19N3O. The van der Waals surface area contributed by atoms with E-state index < -0.39 is 0 Å². The molecule has 3 aromatic rings. The number of carbonyl (C=O) groups excluding carboxylic acids is 1. The molecule has 0 unspecified atom stereocenters. The SMILES string of the molecule is CC(C)c1ccc(NC(=O)c2cnc(-c3ccccc3)nc2)cc1. The fourth-order valence-electron chi connectivity index (χ4n) is 2.34. The number of hydrogen-bond acceptors (Lipinski definition) is 3. The van der Waals surface area contributed by atoms with Crippen LogP contribution in [0.1, 0.15) is 35.7 Å². The molecule has 3 rings (SSSR count). The molecule has 120 valence electrons. The molecule has 0 saturated carbocycles. The van der Waals surface area contributed by atoms with Crippen molar-refractivity contribution in [3.05, 3.63) is 78.1 Å². The average molecular weight is 317 g/mol. The van der Waals surface area contributed by atoms with Crippen LogP contribution in [-0.2, 0) is 0 Å². The molecule has 1 N–H and O–H groups in total. The number of benzene rings is 2. The fourth-order valence-corrected chi connectivity index (χ4v) is 2.34. The molecule has 0 aliphatic carbocycles. The predicted octanol–water partition coefficient (Wildman–Crippen LogP) is 4.52. The van der Waals surface area contributed by atoms with E-state index in [1.807, 2.05) is 54.6 Å². The summed E-state index contributed by atoms with van der Waals surface area (Å²) >= 11 is 0. The van der Waals surface area contributed by atoms with Crippen molar-refractivity contribution in [1.29, 1.82) is 0 Å². The molecule has 0 atom stereocenters. The van der Waals surface area contributed by atoms with E-state index in [2.05, 4.69) is 29.1 Å². The van der Waals surface area contributed by atoms with Crippen molar-refractivity contribution in [3.63, 3.8) is 0 Å². The van der Waals surface area contributed by atoms with E-state index in [1.54, 1.807) is 12.4 Å². The highest BCUT2D eigenvalue weighted by Crippen LogP contribution is 2.18. The minimum absolute atomic E-state index is 0.216. The Morgan fingerprint density at radius 1 is 0.917 bits per heavy atom. The average Bonchev–Trinajstić information content (AvgIpc) is 2.63. The number of hydrogen-bond donors (Lipinski definition) is 1. The summed E-state index contributed by atoms with van der Waals surface area (Å²) < 4.78 is 0. The lowest BCUT2D eigenvalue weighted by Crippen LogP contribution is -2.12. The van der Waals surface area contributed by atoms with E-state index in [4.69, 9.17) is 0 Å². The smallest absolute Gasteiger partial charge is 0.258 e. The van der Waals surface area contributed by atoms with Crippen molar-refractivity contribution in [2.75, 3.05) is 5.32 Å². The molecule has 4 heteroatoms. The van der Waals surface area contributed by atoms with Gasteiger partial charge in [-0.25, -0.2) is 9.97 Å². The Morgan fingerprint density at radius 2 is 1.54 bits per heavy atom. The number of aromatic nitrogens is 2. The second-order valence-electron chi connectivity index (χ2n) is 5.89. The minimum atomic E-state index is -0.216. The summed E-state index contributed by atoms with van der Waals surface area (Å²) in [7, 11) is 0. The first-order valence-corrected chi connectivity index (χ1v) is 7.92. The topological polar surface area (TPSA) is 54.9 Å². The summed E-state index contributed by atoms with van der Waals surface area (Å²) in [6.45, 7) is 4.28. The van der Waals surface area contributed by atoms with Crippen molar-refractivity contribution in [2.45, 2.75) is 19.8 Å². The standard InChI is InChI=1S/C20H19N3O/c1-14(2)15-8-10-18(11-9-15)23-20(24)17-12-21-19(22-13-17)16-6-4-3-5-7-16/h3-14H,1-2H3,(H,23,24). The molecule has 0 bridgehead atoms. The molecule has 0 radical (unpaired) electrons. The summed E-state index contributed by atoms with van der Waals surface area (Å²) in [4.78, 5) is 20.8. The lowest BCUT2D eigenvalue weighted by molar-refractivity contribution is 0.102. The number of carbonyl (C=O) groups is 1. The third-order valence-electron chi connectivity index (χ3n) is 3.78. The lowest BCUT2D eigenvalue weighted by Gasteiger charge is -2.08. The van der Waals surface area contributed by atoms with E-state index >= 15 is 0 Å². The zero-order chi connectivity index (χ0) is 16.9. The van der Waals surface area contributed by atoms with Gasteiger partial charge in [-0.05, 0) is 23.6 Å². The molecule has 1 aromatic heterocycles. The molecule has 0 aliphatic heterocycles. The van der Waals surface area contributed by atoms with Gasteiger partial charge in [0.05, 0.1) is 5.56 Å². The quantitative estimate of drug-likeness (QED) is 0.769. The van der Waals surface area contributed by atoms with Crippen LogP contribution in [0.25, 0.3) is 11.4 Å². The highest BCUT2D eigenvalue weighted by atomic mass is 16.1. The van der Waals surface area contributed by atoms with Crippen LogP contribution in [0.15, 0.2) is 67.0 Å². The Hall–Kier alpha value is -3.01. The largest absolute Gasteiger partial charge is 0.322 e. The zero-order valence-corrected chi connectivity index (χ0v) is 13.7. The molecule has 0 spiro atoms. The minimum Gasteiger partial charge on any atom is -0.322 e. The Bertz CT molecular complexity index is 810. The summed E-state index contributed by atoms with van der Waals surface area (Å²) in [5.41, 5.74) is 3.36. The molecule has 4 nitrogen and oxygen atoms in total.